The number of nitrogens with zero attached hydrogens (tertiary/aromatic N) is 1. The number of nitrogens with two attached hydrogens (primary N) is 1. The minimum absolute atomic E-state index is 0.0936. The molecule has 0 fully saturated rings. The van der Waals surface area contributed by atoms with E-state index in [0.29, 0.717) is 11.4 Å². The van der Waals surface area contributed by atoms with Gasteiger partial charge in [0.1, 0.15) is 5.75 Å². The maximum Gasteiger partial charge on any atom is 0.144 e. The Morgan fingerprint density at radius 3 is 2.71 bits per heavy atom. The number of benzene rings is 2. The van der Waals surface area contributed by atoms with Crippen LogP contribution in [0.5, 0.6) is 5.75 Å². The van der Waals surface area contributed by atoms with E-state index in [1.54, 1.807) is 11.3 Å². The third kappa shape index (κ3) is 3.08. The van der Waals surface area contributed by atoms with Crippen molar-refractivity contribution in [1.29, 1.82) is 0 Å². The van der Waals surface area contributed by atoms with Crippen molar-refractivity contribution in [2.24, 2.45) is 0 Å². The zero-order valence-corrected chi connectivity index (χ0v) is 12.8. The molecule has 3 rings (SSSR count). The van der Waals surface area contributed by atoms with Crippen LogP contribution in [0.4, 0.5) is 17.1 Å². The van der Waals surface area contributed by atoms with Crippen LogP contribution in [0.3, 0.4) is 0 Å². The van der Waals surface area contributed by atoms with Gasteiger partial charge < -0.3 is 15.8 Å². The first-order chi connectivity index (χ1) is 10.1. The van der Waals surface area contributed by atoms with Gasteiger partial charge in [-0.15, -0.1) is 11.3 Å². The average Bonchev–Trinajstić information content (AvgIpc) is 2.89. The number of rotatable bonds is 4. The third-order valence-corrected chi connectivity index (χ3v) is 3.79. The van der Waals surface area contributed by atoms with Crippen molar-refractivity contribution in [2.45, 2.75) is 20.0 Å². The van der Waals surface area contributed by atoms with Crippen LogP contribution in [0.2, 0.25) is 0 Å². The quantitative estimate of drug-likeness (QED) is 0.701. The van der Waals surface area contributed by atoms with Crippen molar-refractivity contribution in [3.8, 4) is 5.75 Å². The van der Waals surface area contributed by atoms with Gasteiger partial charge in [-0.25, -0.2) is 4.98 Å². The Morgan fingerprint density at radius 2 is 1.90 bits per heavy atom. The van der Waals surface area contributed by atoms with Gasteiger partial charge in [-0.1, -0.05) is 0 Å². The van der Waals surface area contributed by atoms with Crippen LogP contribution in [-0.2, 0) is 0 Å². The molecule has 0 atom stereocenters. The van der Waals surface area contributed by atoms with Crippen LogP contribution in [-0.4, -0.2) is 11.1 Å². The lowest BCUT2D eigenvalue weighted by atomic mass is 10.2. The summed E-state index contributed by atoms with van der Waals surface area (Å²) in [6, 6.07) is 11.8. The fraction of sp³-hybridized carbons (Fsp3) is 0.188. The highest BCUT2D eigenvalue weighted by molar-refractivity contribution is 7.16. The number of hydrogen-bond acceptors (Lipinski definition) is 5. The van der Waals surface area contributed by atoms with E-state index in [-0.39, 0.29) is 6.10 Å². The number of thiazole rings is 1. The van der Waals surface area contributed by atoms with E-state index in [1.807, 2.05) is 49.7 Å². The fourth-order valence-corrected chi connectivity index (χ4v) is 2.78. The van der Waals surface area contributed by atoms with E-state index in [1.165, 1.54) is 0 Å². The molecular formula is C16H17N3OS. The highest BCUT2D eigenvalue weighted by Crippen LogP contribution is 2.29. The Bertz CT molecular complexity index is 767. The maximum absolute atomic E-state index is 5.93. The molecule has 0 saturated heterocycles. The molecule has 3 N–H and O–H groups in total. The lowest BCUT2D eigenvalue weighted by Crippen LogP contribution is -2.07. The van der Waals surface area contributed by atoms with Crippen LogP contribution in [0, 0.1) is 0 Å². The van der Waals surface area contributed by atoms with E-state index in [2.05, 4.69) is 16.4 Å². The van der Waals surface area contributed by atoms with E-state index in [0.717, 1.165) is 21.6 Å². The SMILES string of the molecule is CC(C)Oc1cc(Nc2ccc3ncsc3c2)ccc1N. The summed E-state index contributed by atoms with van der Waals surface area (Å²) in [6.45, 7) is 3.97. The smallest absolute Gasteiger partial charge is 0.144 e. The summed E-state index contributed by atoms with van der Waals surface area (Å²) >= 11 is 1.63. The molecule has 0 bridgehead atoms. The van der Waals surface area contributed by atoms with Gasteiger partial charge in [-0.05, 0) is 44.2 Å². The van der Waals surface area contributed by atoms with Gasteiger partial charge in [0.05, 0.1) is 27.5 Å². The molecule has 0 unspecified atom stereocenters. The van der Waals surface area contributed by atoms with Crippen LogP contribution in [0.25, 0.3) is 10.2 Å². The normalized spacial score (nSPS) is 11.0. The number of aromatic nitrogens is 1. The molecule has 1 heterocycles. The average molecular weight is 299 g/mol. The molecule has 0 aliphatic heterocycles. The first kappa shape index (κ1) is 13.7. The second-order valence-electron chi connectivity index (χ2n) is 5.08. The van der Waals surface area contributed by atoms with Gasteiger partial charge in [-0.3, -0.25) is 0 Å². The Morgan fingerprint density at radius 1 is 1.14 bits per heavy atom. The van der Waals surface area contributed by atoms with Gasteiger partial charge in [0.2, 0.25) is 0 Å². The van der Waals surface area contributed by atoms with Gasteiger partial charge in [0.15, 0.2) is 0 Å². The van der Waals surface area contributed by atoms with Crippen molar-refractivity contribution in [3.63, 3.8) is 0 Å². The summed E-state index contributed by atoms with van der Waals surface area (Å²) in [5.74, 6) is 0.703. The minimum Gasteiger partial charge on any atom is -0.489 e. The van der Waals surface area contributed by atoms with E-state index in [9.17, 15) is 0 Å². The Hall–Kier alpha value is -2.27. The molecule has 0 aliphatic carbocycles. The summed E-state index contributed by atoms with van der Waals surface area (Å²) in [4.78, 5) is 4.28. The lowest BCUT2D eigenvalue weighted by molar-refractivity contribution is 0.244. The van der Waals surface area contributed by atoms with E-state index in [4.69, 9.17) is 10.5 Å². The van der Waals surface area contributed by atoms with Gasteiger partial charge >= 0.3 is 0 Å². The molecule has 0 amide bonds. The van der Waals surface area contributed by atoms with E-state index >= 15 is 0 Å². The highest BCUT2D eigenvalue weighted by atomic mass is 32.1. The molecule has 1 aromatic heterocycles. The summed E-state index contributed by atoms with van der Waals surface area (Å²) in [5, 5.41) is 3.37. The van der Waals surface area contributed by atoms with Crippen molar-refractivity contribution in [2.75, 3.05) is 11.1 Å². The molecule has 0 saturated carbocycles. The Kier molecular flexibility index (Phi) is 3.66. The largest absolute Gasteiger partial charge is 0.489 e. The standard InChI is InChI=1S/C16H17N3OS/c1-10(2)20-15-7-11(3-5-13(15)17)19-12-4-6-14-16(8-12)21-9-18-14/h3-10,19H,17H2,1-2H3. The molecule has 5 heteroatoms. The number of ether oxygens (including phenoxy) is 1. The van der Waals surface area contributed by atoms with Crippen molar-refractivity contribution in [3.05, 3.63) is 41.9 Å². The second-order valence-corrected chi connectivity index (χ2v) is 5.97. The summed E-state index contributed by atoms with van der Waals surface area (Å²) in [6.07, 6.45) is 0.0936. The van der Waals surface area contributed by atoms with Crippen LogP contribution in [0.15, 0.2) is 41.9 Å². The van der Waals surface area contributed by atoms with Crippen LogP contribution < -0.4 is 15.8 Å². The third-order valence-electron chi connectivity index (χ3n) is 3.00. The minimum atomic E-state index is 0.0936. The lowest BCUT2D eigenvalue weighted by Gasteiger charge is -2.14. The fourth-order valence-electron chi connectivity index (χ4n) is 2.07. The molecule has 3 aromatic rings. The molecule has 0 spiro atoms. The first-order valence-electron chi connectivity index (χ1n) is 6.78. The molecular weight excluding hydrogens is 282 g/mol. The predicted octanol–water partition coefficient (Wildman–Crippen LogP) is 4.41. The van der Waals surface area contributed by atoms with Crippen LogP contribution in [0.1, 0.15) is 13.8 Å². The van der Waals surface area contributed by atoms with Gasteiger partial charge in [-0.2, -0.15) is 0 Å². The number of hydrogen-bond donors (Lipinski definition) is 2. The monoisotopic (exact) mass is 299 g/mol. The first-order valence-corrected chi connectivity index (χ1v) is 7.66. The predicted molar refractivity (Wildman–Crippen MR) is 89.5 cm³/mol. The maximum atomic E-state index is 5.93. The molecule has 108 valence electrons. The van der Waals surface area contributed by atoms with Crippen molar-refractivity contribution >= 4 is 38.6 Å². The number of fused-ring (bicyclic) bond motifs is 1. The second kappa shape index (κ2) is 5.61. The number of nitrogens with one attached hydrogen (secondary N) is 1. The number of nitrogen functional groups attached to an aromatic ring is 1. The Labute approximate surface area is 127 Å². The molecule has 0 aliphatic rings. The summed E-state index contributed by atoms with van der Waals surface area (Å²) in [5.41, 5.74) is 11.4. The van der Waals surface area contributed by atoms with E-state index < -0.39 is 0 Å². The van der Waals surface area contributed by atoms with Crippen LogP contribution >= 0.6 is 11.3 Å². The van der Waals surface area contributed by atoms with Gasteiger partial charge in [0.25, 0.3) is 0 Å². The van der Waals surface area contributed by atoms with Crippen molar-refractivity contribution < 1.29 is 4.74 Å². The van der Waals surface area contributed by atoms with Crippen molar-refractivity contribution in [1.82, 2.24) is 4.98 Å². The zero-order chi connectivity index (χ0) is 14.8. The topological polar surface area (TPSA) is 60.2 Å². The summed E-state index contributed by atoms with van der Waals surface area (Å²) in [7, 11) is 0. The highest BCUT2D eigenvalue weighted by Gasteiger charge is 2.05. The zero-order valence-electron chi connectivity index (χ0n) is 12.0. The van der Waals surface area contributed by atoms with Gasteiger partial charge in [0, 0.05) is 17.4 Å². The number of anilines is 3. The Balaban J connectivity index is 1.86. The molecule has 21 heavy (non-hydrogen) atoms. The summed E-state index contributed by atoms with van der Waals surface area (Å²) < 4.78 is 6.87. The molecule has 4 nitrogen and oxygen atoms in total. The molecule has 2 aromatic carbocycles. The molecule has 0 radical (unpaired) electrons.